The van der Waals surface area contributed by atoms with Gasteiger partial charge in [0.1, 0.15) is 13.2 Å². The third-order valence-corrected chi connectivity index (χ3v) is 5.18. The molecule has 2 aromatic carbocycles. The summed E-state index contributed by atoms with van der Waals surface area (Å²) in [6.07, 6.45) is 0.320. The largest absolute Gasteiger partial charge is 0.486 e. The van der Waals surface area contributed by atoms with Gasteiger partial charge in [-0.05, 0) is 59.7 Å². The standard InChI is InChI=1S/C21H23N5O3/c1-14(17-6-9-19-20(13-17)29-11-10-28-19)25(3)21(27)12-16-4-7-18(8-5-16)26-15(2)22-23-24-26/h4-9,13-14H,10-12H2,1-3H3/t14-/m1/s1. The first-order valence-electron chi connectivity index (χ1n) is 9.52. The molecule has 1 atom stereocenters. The van der Waals surface area contributed by atoms with Crippen LogP contribution in [0.5, 0.6) is 11.5 Å². The van der Waals surface area contributed by atoms with Crippen molar-refractivity contribution in [3.8, 4) is 17.2 Å². The number of nitrogens with zero attached hydrogens (tertiary/aromatic N) is 5. The molecule has 0 bridgehead atoms. The van der Waals surface area contributed by atoms with Gasteiger partial charge in [0.25, 0.3) is 0 Å². The van der Waals surface area contributed by atoms with E-state index < -0.39 is 0 Å². The van der Waals surface area contributed by atoms with Crippen molar-refractivity contribution in [2.24, 2.45) is 0 Å². The second-order valence-electron chi connectivity index (χ2n) is 7.06. The van der Waals surface area contributed by atoms with Crippen LogP contribution >= 0.6 is 0 Å². The second-order valence-corrected chi connectivity index (χ2v) is 7.06. The van der Waals surface area contributed by atoms with E-state index in [4.69, 9.17) is 9.47 Å². The van der Waals surface area contributed by atoms with E-state index in [-0.39, 0.29) is 11.9 Å². The van der Waals surface area contributed by atoms with Crippen LogP contribution < -0.4 is 9.47 Å². The van der Waals surface area contributed by atoms with E-state index in [0.717, 1.165) is 28.3 Å². The van der Waals surface area contributed by atoms with Gasteiger partial charge < -0.3 is 14.4 Å². The van der Waals surface area contributed by atoms with E-state index in [2.05, 4.69) is 15.5 Å². The number of carbonyl (C=O) groups is 1. The fourth-order valence-corrected chi connectivity index (χ4v) is 3.28. The van der Waals surface area contributed by atoms with Crippen LogP contribution in [0.2, 0.25) is 0 Å². The molecule has 0 N–H and O–H groups in total. The molecule has 0 saturated heterocycles. The summed E-state index contributed by atoms with van der Waals surface area (Å²) in [5, 5.41) is 11.5. The summed E-state index contributed by atoms with van der Waals surface area (Å²) in [7, 11) is 1.82. The van der Waals surface area contributed by atoms with Gasteiger partial charge >= 0.3 is 0 Å². The molecule has 8 heteroatoms. The molecule has 0 spiro atoms. The van der Waals surface area contributed by atoms with Crippen molar-refractivity contribution < 1.29 is 14.3 Å². The Hall–Kier alpha value is -3.42. The Labute approximate surface area is 169 Å². The predicted molar refractivity (Wildman–Crippen MR) is 106 cm³/mol. The predicted octanol–water partition coefficient (Wildman–Crippen LogP) is 2.50. The number of aryl methyl sites for hydroxylation is 1. The molecular weight excluding hydrogens is 370 g/mol. The normalized spacial score (nSPS) is 13.8. The number of aromatic nitrogens is 4. The maximum Gasteiger partial charge on any atom is 0.227 e. The van der Waals surface area contributed by atoms with Crippen molar-refractivity contribution in [3.05, 3.63) is 59.4 Å². The highest BCUT2D eigenvalue weighted by Gasteiger charge is 2.20. The molecular formula is C21H23N5O3. The van der Waals surface area contributed by atoms with Gasteiger partial charge in [0.15, 0.2) is 17.3 Å². The fourth-order valence-electron chi connectivity index (χ4n) is 3.28. The van der Waals surface area contributed by atoms with Gasteiger partial charge in [-0.2, -0.15) is 4.68 Å². The van der Waals surface area contributed by atoms with Gasteiger partial charge in [-0.3, -0.25) is 4.79 Å². The van der Waals surface area contributed by atoms with Crippen molar-refractivity contribution in [3.63, 3.8) is 0 Å². The molecule has 29 heavy (non-hydrogen) atoms. The number of tetrazole rings is 1. The fraction of sp³-hybridized carbons (Fsp3) is 0.333. The quantitative estimate of drug-likeness (QED) is 0.662. The van der Waals surface area contributed by atoms with Crippen molar-refractivity contribution in [1.82, 2.24) is 25.1 Å². The van der Waals surface area contributed by atoms with Crippen molar-refractivity contribution in [2.75, 3.05) is 20.3 Å². The number of rotatable bonds is 5. The molecule has 150 valence electrons. The molecule has 1 aliphatic heterocycles. The topological polar surface area (TPSA) is 82.4 Å². The first-order valence-corrected chi connectivity index (χ1v) is 9.52. The van der Waals surface area contributed by atoms with Crippen molar-refractivity contribution in [2.45, 2.75) is 26.3 Å². The van der Waals surface area contributed by atoms with Crippen LogP contribution in [0.4, 0.5) is 0 Å². The molecule has 0 fully saturated rings. The van der Waals surface area contributed by atoms with Crippen LogP contribution in [0.25, 0.3) is 5.69 Å². The highest BCUT2D eigenvalue weighted by molar-refractivity contribution is 5.79. The lowest BCUT2D eigenvalue weighted by molar-refractivity contribution is -0.131. The first kappa shape index (κ1) is 18.9. The summed E-state index contributed by atoms with van der Waals surface area (Å²) in [5.74, 6) is 2.23. The van der Waals surface area contributed by atoms with E-state index in [1.807, 2.05) is 63.4 Å². The molecule has 0 radical (unpaired) electrons. The minimum atomic E-state index is -0.0820. The molecule has 2 heterocycles. The van der Waals surface area contributed by atoms with Crippen LogP contribution in [-0.4, -0.2) is 51.3 Å². The average Bonchev–Trinajstić information content (AvgIpc) is 3.18. The summed E-state index contributed by atoms with van der Waals surface area (Å²) in [6.45, 7) is 4.95. The zero-order valence-corrected chi connectivity index (χ0v) is 16.7. The molecule has 3 aromatic rings. The number of ether oxygens (including phenoxy) is 2. The minimum absolute atomic E-state index is 0.0405. The average molecular weight is 393 g/mol. The summed E-state index contributed by atoms with van der Waals surface area (Å²) in [5.41, 5.74) is 2.81. The SMILES string of the molecule is Cc1nnnn1-c1ccc(CC(=O)N(C)[C@H](C)c2ccc3c(c2)OCCO3)cc1. The van der Waals surface area contributed by atoms with Gasteiger partial charge in [-0.15, -0.1) is 5.10 Å². The van der Waals surface area contributed by atoms with Gasteiger partial charge in [0.2, 0.25) is 5.91 Å². The number of likely N-dealkylation sites (N-methyl/N-ethyl adjacent to an activating group) is 1. The third kappa shape index (κ3) is 3.91. The van der Waals surface area contributed by atoms with Gasteiger partial charge in [0.05, 0.1) is 18.2 Å². The first-order chi connectivity index (χ1) is 14.0. The monoisotopic (exact) mass is 393 g/mol. The number of hydrogen-bond donors (Lipinski definition) is 0. The highest BCUT2D eigenvalue weighted by atomic mass is 16.6. The molecule has 1 aliphatic rings. The smallest absolute Gasteiger partial charge is 0.227 e. The Kier molecular flexibility index (Phi) is 5.16. The number of amides is 1. The second kappa shape index (κ2) is 7.90. The van der Waals surface area contributed by atoms with Gasteiger partial charge in [-0.1, -0.05) is 18.2 Å². The summed E-state index contributed by atoms with van der Waals surface area (Å²) >= 11 is 0. The van der Waals surface area contributed by atoms with E-state index in [0.29, 0.717) is 25.5 Å². The van der Waals surface area contributed by atoms with Crippen LogP contribution in [-0.2, 0) is 11.2 Å². The minimum Gasteiger partial charge on any atom is -0.486 e. The Morgan fingerprint density at radius 3 is 2.55 bits per heavy atom. The summed E-state index contributed by atoms with van der Waals surface area (Å²) in [6, 6.07) is 13.4. The Morgan fingerprint density at radius 2 is 1.86 bits per heavy atom. The molecule has 4 rings (SSSR count). The lowest BCUT2D eigenvalue weighted by Gasteiger charge is -2.27. The van der Waals surface area contributed by atoms with Crippen LogP contribution in [0.15, 0.2) is 42.5 Å². The Morgan fingerprint density at radius 1 is 1.14 bits per heavy atom. The lowest BCUT2D eigenvalue weighted by atomic mass is 10.0. The maximum atomic E-state index is 12.8. The Bertz CT molecular complexity index is 1020. The van der Waals surface area contributed by atoms with Gasteiger partial charge in [0, 0.05) is 7.05 Å². The van der Waals surface area contributed by atoms with E-state index in [1.54, 1.807) is 9.58 Å². The van der Waals surface area contributed by atoms with Crippen LogP contribution in [0.1, 0.15) is 29.9 Å². The highest BCUT2D eigenvalue weighted by Crippen LogP contribution is 2.33. The number of carbonyl (C=O) groups excluding carboxylic acids is 1. The maximum absolute atomic E-state index is 12.8. The summed E-state index contributed by atoms with van der Waals surface area (Å²) in [4.78, 5) is 14.6. The zero-order chi connectivity index (χ0) is 20.4. The van der Waals surface area contributed by atoms with Crippen LogP contribution in [0.3, 0.4) is 0 Å². The van der Waals surface area contributed by atoms with E-state index >= 15 is 0 Å². The number of fused-ring (bicyclic) bond motifs is 1. The van der Waals surface area contributed by atoms with E-state index in [1.165, 1.54) is 0 Å². The molecule has 0 unspecified atom stereocenters. The van der Waals surface area contributed by atoms with E-state index in [9.17, 15) is 4.79 Å². The van der Waals surface area contributed by atoms with Crippen molar-refractivity contribution >= 4 is 5.91 Å². The molecule has 8 nitrogen and oxygen atoms in total. The molecule has 1 aromatic heterocycles. The number of benzene rings is 2. The molecule has 0 saturated carbocycles. The summed E-state index contributed by atoms with van der Waals surface area (Å²) < 4.78 is 12.9. The molecule has 0 aliphatic carbocycles. The Balaban J connectivity index is 1.43. The zero-order valence-electron chi connectivity index (χ0n) is 16.7. The lowest BCUT2D eigenvalue weighted by Crippen LogP contribution is -2.31. The van der Waals surface area contributed by atoms with Crippen LogP contribution in [0, 0.1) is 6.92 Å². The van der Waals surface area contributed by atoms with Crippen molar-refractivity contribution in [1.29, 1.82) is 0 Å². The third-order valence-electron chi connectivity index (χ3n) is 5.18. The van der Waals surface area contributed by atoms with Gasteiger partial charge in [-0.25, -0.2) is 0 Å². The number of hydrogen-bond acceptors (Lipinski definition) is 6. The molecule has 1 amide bonds.